The monoisotopic (exact) mass is 333 g/mol. The Kier molecular flexibility index (Phi) is 7.78. The van der Waals surface area contributed by atoms with Gasteiger partial charge in [-0.05, 0) is 38.1 Å². The maximum Gasteiger partial charge on any atom is 0.347 e. The van der Waals surface area contributed by atoms with Crippen LogP contribution in [-0.4, -0.2) is 43.6 Å². The lowest BCUT2D eigenvalue weighted by atomic mass is 10.2. The fourth-order valence-corrected chi connectivity index (χ4v) is 1.60. The summed E-state index contributed by atoms with van der Waals surface area (Å²) in [5.74, 6) is -1.22. The number of nitrogens with one attached hydrogen (secondary N) is 2. The van der Waals surface area contributed by atoms with Gasteiger partial charge in [0.1, 0.15) is 5.75 Å². The molecule has 24 heavy (non-hydrogen) atoms. The minimum atomic E-state index is -0.922. The highest BCUT2D eigenvalue weighted by Gasteiger charge is 2.18. The van der Waals surface area contributed by atoms with Crippen molar-refractivity contribution in [2.45, 2.75) is 20.0 Å². The largest absolute Gasteiger partial charge is 0.479 e. The maximum atomic E-state index is 11.8. The van der Waals surface area contributed by atoms with E-state index in [1.165, 1.54) is 6.92 Å². The van der Waals surface area contributed by atoms with Gasteiger partial charge in [0.25, 0.3) is 5.91 Å². The van der Waals surface area contributed by atoms with Crippen LogP contribution in [-0.2, 0) is 19.1 Å². The molecule has 128 valence electrons. The van der Waals surface area contributed by atoms with Crippen molar-refractivity contribution in [3.05, 3.63) is 29.8 Å². The van der Waals surface area contributed by atoms with E-state index in [0.717, 1.165) is 0 Å². The Hall–Kier alpha value is -3.08. The van der Waals surface area contributed by atoms with Crippen LogP contribution in [0.2, 0.25) is 0 Å². The lowest BCUT2D eigenvalue weighted by Gasteiger charge is -2.14. The Bertz CT molecular complexity index is 622. The summed E-state index contributed by atoms with van der Waals surface area (Å²) in [5, 5.41) is 13.5. The predicted octanol–water partition coefficient (Wildman–Crippen LogP) is 0.121. The van der Waals surface area contributed by atoms with Crippen molar-refractivity contribution in [2.24, 2.45) is 0 Å². The van der Waals surface area contributed by atoms with Gasteiger partial charge in [-0.1, -0.05) is 0 Å². The van der Waals surface area contributed by atoms with Crippen molar-refractivity contribution < 1.29 is 23.9 Å². The van der Waals surface area contributed by atoms with Gasteiger partial charge >= 0.3 is 5.97 Å². The summed E-state index contributed by atoms with van der Waals surface area (Å²) >= 11 is 0. The summed E-state index contributed by atoms with van der Waals surface area (Å²) in [6.45, 7) is 3.03. The molecule has 0 unspecified atom stereocenters. The van der Waals surface area contributed by atoms with Crippen molar-refractivity contribution in [3.63, 3.8) is 0 Å². The fraction of sp³-hybridized carbons (Fsp3) is 0.375. The third kappa shape index (κ3) is 6.79. The zero-order valence-corrected chi connectivity index (χ0v) is 13.5. The van der Waals surface area contributed by atoms with Gasteiger partial charge < -0.3 is 20.1 Å². The van der Waals surface area contributed by atoms with E-state index in [9.17, 15) is 14.4 Å². The van der Waals surface area contributed by atoms with Gasteiger partial charge in [0.2, 0.25) is 5.91 Å². The highest BCUT2D eigenvalue weighted by Crippen LogP contribution is 2.13. The van der Waals surface area contributed by atoms with E-state index in [0.29, 0.717) is 17.9 Å². The first-order valence-corrected chi connectivity index (χ1v) is 7.33. The Balaban J connectivity index is 2.34. The van der Waals surface area contributed by atoms with E-state index in [1.807, 2.05) is 6.07 Å². The number of hydrogen-bond acceptors (Lipinski definition) is 6. The molecular weight excluding hydrogens is 314 g/mol. The Morgan fingerprint density at radius 1 is 1.17 bits per heavy atom. The second-order valence-corrected chi connectivity index (χ2v) is 4.73. The molecule has 0 spiro atoms. The molecular formula is C16H19N3O5. The third-order valence-electron chi connectivity index (χ3n) is 2.79. The van der Waals surface area contributed by atoms with Crippen molar-refractivity contribution in [1.82, 2.24) is 10.6 Å². The summed E-state index contributed by atoms with van der Waals surface area (Å²) in [4.78, 5) is 34.4. The van der Waals surface area contributed by atoms with Crippen LogP contribution in [0.3, 0.4) is 0 Å². The van der Waals surface area contributed by atoms with E-state index in [2.05, 4.69) is 10.6 Å². The van der Waals surface area contributed by atoms with E-state index >= 15 is 0 Å². The summed E-state index contributed by atoms with van der Waals surface area (Å²) < 4.78 is 10.2. The first-order valence-electron chi connectivity index (χ1n) is 7.33. The average molecular weight is 333 g/mol. The van der Waals surface area contributed by atoms with Gasteiger partial charge in [-0.3, -0.25) is 9.59 Å². The zero-order valence-electron chi connectivity index (χ0n) is 13.5. The molecule has 8 heteroatoms. The van der Waals surface area contributed by atoms with Gasteiger partial charge in [-0.25, -0.2) is 4.79 Å². The van der Waals surface area contributed by atoms with Crippen LogP contribution in [0.5, 0.6) is 5.75 Å². The number of likely N-dealkylation sites (N-methyl/N-ethyl adjacent to an activating group) is 1. The topological polar surface area (TPSA) is 118 Å². The van der Waals surface area contributed by atoms with E-state index in [-0.39, 0.29) is 12.5 Å². The zero-order chi connectivity index (χ0) is 17.9. The predicted molar refractivity (Wildman–Crippen MR) is 83.9 cm³/mol. The van der Waals surface area contributed by atoms with E-state index < -0.39 is 24.6 Å². The number of amides is 2. The van der Waals surface area contributed by atoms with Crippen LogP contribution in [0.15, 0.2) is 24.3 Å². The molecule has 0 fully saturated rings. The number of carbonyl (C=O) groups is 3. The molecule has 1 rings (SSSR count). The molecule has 8 nitrogen and oxygen atoms in total. The molecule has 0 aliphatic carbocycles. The maximum absolute atomic E-state index is 11.8. The lowest BCUT2D eigenvalue weighted by molar-refractivity contribution is -0.154. The normalized spacial score (nSPS) is 10.9. The molecule has 0 bridgehead atoms. The molecule has 1 aromatic carbocycles. The summed E-state index contributed by atoms with van der Waals surface area (Å²) in [6.07, 6.45) is -0.922. The van der Waals surface area contributed by atoms with Crippen LogP contribution < -0.4 is 15.4 Å². The second kappa shape index (κ2) is 9.84. The van der Waals surface area contributed by atoms with Gasteiger partial charge in [0.15, 0.2) is 12.7 Å². The van der Waals surface area contributed by atoms with Crippen LogP contribution in [0.25, 0.3) is 0 Å². The molecule has 0 heterocycles. The fourth-order valence-electron chi connectivity index (χ4n) is 1.60. The van der Waals surface area contributed by atoms with Crippen LogP contribution in [0.4, 0.5) is 0 Å². The quantitative estimate of drug-likeness (QED) is 0.653. The number of nitrogens with zero attached hydrogens (tertiary/aromatic N) is 1. The van der Waals surface area contributed by atoms with Gasteiger partial charge in [0.05, 0.1) is 18.2 Å². The Morgan fingerprint density at radius 3 is 2.42 bits per heavy atom. The highest BCUT2D eigenvalue weighted by atomic mass is 16.6. The van der Waals surface area contributed by atoms with Gasteiger partial charge in [-0.15, -0.1) is 0 Å². The number of ether oxygens (including phenoxy) is 2. The summed E-state index contributed by atoms with van der Waals surface area (Å²) in [5.41, 5.74) is 0.473. The number of hydrogen-bond donors (Lipinski definition) is 2. The molecule has 2 N–H and O–H groups in total. The molecule has 0 saturated carbocycles. The average Bonchev–Trinajstić information content (AvgIpc) is 2.58. The minimum absolute atomic E-state index is 0.179. The molecule has 1 aromatic rings. The van der Waals surface area contributed by atoms with Crippen LogP contribution in [0.1, 0.15) is 19.4 Å². The summed E-state index contributed by atoms with van der Waals surface area (Å²) in [7, 11) is 0. The minimum Gasteiger partial charge on any atom is -0.479 e. The van der Waals surface area contributed by atoms with Crippen molar-refractivity contribution in [2.75, 3.05) is 19.7 Å². The molecule has 0 aromatic heterocycles. The van der Waals surface area contributed by atoms with E-state index in [4.69, 9.17) is 14.7 Å². The van der Waals surface area contributed by atoms with Crippen LogP contribution in [0, 0.1) is 11.3 Å². The standard InChI is InChI=1S/C16H19N3O5/c1-3-18-14(20)9-19-15(21)10-23-16(22)11(2)24-13-6-4-12(8-17)5-7-13/h4-7,11H,3,9-10H2,1-2H3,(H,18,20)(H,19,21)/t11-/m0/s1. The second-order valence-electron chi connectivity index (χ2n) is 4.73. The molecule has 0 aliphatic heterocycles. The van der Waals surface area contributed by atoms with E-state index in [1.54, 1.807) is 31.2 Å². The third-order valence-corrected chi connectivity index (χ3v) is 2.79. The van der Waals surface area contributed by atoms with Crippen LogP contribution >= 0.6 is 0 Å². The van der Waals surface area contributed by atoms with Gasteiger partial charge in [0, 0.05) is 6.54 Å². The number of benzene rings is 1. The molecule has 2 amide bonds. The smallest absolute Gasteiger partial charge is 0.347 e. The van der Waals surface area contributed by atoms with Gasteiger partial charge in [-0.2, -0.15) is 5.26 Å². The highest BCUT2D eigenvalue weighted by molar-refractivity contribution is 5.86. The van der Waals surface area contributed by atoms with Crippen molar-refractivity contribution in [3.8, 4) is 11.8 Å². The number of esters is 1. The molecule has 1 atom stereocenters. The number of nitriles is 1. The van der Waals surface area contributed by atoms with Crippen molar-refractivity contribution in [1.29, 1.82) is 5.26 Å². The molecule has 0 saturated heterocycles. The first-order chi connectivity index (χ1) is 11.5. The molecule has 0 aliphatic rings. The number of carbonyl (C=O) groups excluding carboxylic acids is 3. The summed E-state index contributed by atoms with van der Waals surface area (Å²) in [6, 6.07) is 8.20. The first kappa shape index (κ1) is 19.0. The number of rotatable bonds is 8. The Labute approximate surface area is 139 Å². The van der Waals surface area contributed by atoms with Crippen molar-refractivity contribution >= 4 is 17.8 Å². The SMILES string of the molecule is CCNC(=O)CNC(=O)COC(=O)[C@H](C)Oc1ccc(C#N)cc1. The Morgan fingerprint density at radius 2 is 1.83 bits per heavy atom. The molecule has 0 radical (unpaired) electrons. The lowest BCUT2D eigenvalue weighted by Crippen LogP contribution is -2.39.